The molecule has 0 unspecified atom stereocenters. The first-order valence-corrected chi connectivity index (χ1v) is 4.90. The Morgan fingerprint density at radius 2 is 2.21 bits per heavy atom. The highest BCUT2D eigenvalue weighted by Crippen LogP contribution is 2.23. The normalized spacial score (nSPS) is 16.9. The van der Waals surface area contributed by atoms with Crippen LogP contribution in [0.4, 0.5) is 0 Å². The molecule has 3 heteroatoms. The van der Waals surface area contributed by atoms with E-state index in [-0.39, 0.29) is 0 Å². The van der Waals surface area contributed by atoms with Gasteiger partial charge in [0.2, 0.25) is 0 Å². The number of fused-ring (bicyclic) bond motifs is 1. The van der Waals surface area contributed by atoms with Crippen LogP contribution in [-0.2, 0) is 0 Å². The summed E-state index contributed by atoms with van der Waals surface area (Å²) in [5, 5.41) is 0. The van der Waals surface area contributed by atoms with Crippen LogP contribution in [-0.4, -0.2) is 22.2 Å². The fraction of sp³-hybridized carbons (Fsp3) is 0.273. The summed E-state index contributed by atoms with van der Waals surface area (Å²) in [7, 11) is 0. The van der Waals surface area contributed by atoms with Crippen LogP contribution in [0.2, 0.25) is 0 Å². The number of imidazole rings is 1. The van der Waals surface area contributed by atoms with E-state index in [0.717, 1.165) is 16.9 Å². The van der Waals surface area contributed by atoms with Gasteiger partial charge < -0.3 is 4.98 Å². The standard InChI is InChI=1S/C11H11N3/c1-2-4-10-9(3-1)13-11(14-10)7-12-8-5-6-8/h1-4,7-8H,5-6H2,(H,13,14). The Labute approximate surface area is 81.9 Å². The van der Waals surface area contributed by atoms with Gasteiger partial charge in [0.25, 0.3) is 0 Å². The van der Waals surface area contributed by atoms with Crippen molar-refractivity contribution in [3.05, 3.63) is 30.1 Å². The van der Waals surface area contributed by atoms with Crippen LogP contribution in [0.15, 0.2) is 29.3 Å². The number of nitrogens with zero attached hydrogens (tertiary/aromatic N) is 2. The topological polar surface area (TPSA) is 41.0 Å². The summed E-state index contributed by atoms with van der Waals surface area (Å²) in [5.41, 5.74) is 2.08. The lowest BCUT2D eigenvalue weighted by molar-refractivity contribution is 1.07. The molecule has 3 rings (SSSR count). The predicted octanol–water partition coefficient (Wildman–Crippen LogP) is 2.14. The van der Waals surface area contributed by atoms with E-state index in [1.54, 1.807) is 0 Å². The van der Waals surface area contributed by atoms with E-state index in [2.05, 4.69) is 15.0 Å². The molecule has 0 aliphatic heterocycles. The maximum Gasteiger partial charge on any atom is 0.149 e. The molecule has 2 aromatic rings. The summed E-state index contributed by atoms with van der Waals surface area (Å²) in [4.78, 5) is 12.0. The molecule has 1 aliphatic rings. The van der Waals surface area contributed by atoms with Gasteiger partial charge >= 0.3 is 0 Å². The Kier molecular flexibility index (Phi) is 1.63. The number of rotatable bonds is 2. The molecule has 1 aromatic carbocycles. The maximum absolute atomic E-state index is 4.41. The van der Waals surface area contributed by atoms with Gasteiger partial charge in [0.1, 0.15) is 5.82 Å². The van der Waals surface area contributed by atoms with Crippen molar-refractivity contribution in [3.63, 3.8) is 0 Å². The van der Waals surface area contributed by atoms with E-state index in [0.29, 0.717) is 6.04 Å². The number of hydrogen-bond acceptors (Lipinski definition) is 2. The quantitative estimate of drug-likeness (QED) is 0.715. The Hall–Kier alpha value is -1.64. The Balaban J connectivity index is 1.97. The zero-order chi connectivity index (χ0) is 9.38. The first kappa shape index (κ1) is 7.74. The molecule has 0 bridgehead atoms. The molecule has 1 aliphatic carbocycles. The minimum absolute atomic E-state index is 0.559. The zero-order valence-electron chi connectivity index (χ0n) is 7.77. The largest absolute Gasteiger partial charge is 0.337 e. The monoisotopic (exact) mass is 185 g/mol. The molecular weight excluding hydrogens is 174 g/mol. The van der Waals surface area contributed by atoms with Crippen LogP contribution in [0.25, 0.3) is 11.0 Å². The van der Waals surface area contributed by atoms with Gasteiger partial charge in [0.05, 0.1) is 23.3 Å². The van der Waals surface area contributed by atoms with Crippen molar-refractivity contribution in [2.75, 3.05) is 0 Å². The summed E-state index contributed by atoms with van der Waals surface area (Å²) in [6, 6.07) is 8.58. The van der Waals surface area contributed by atoms with Crippen LogP contribution in [0, 0.1) is 0 Å². The second kappa shape index (κ2) is 2.94. The predicted molar refractivity (Wildman–Crippen MR) is 56.7 cm³/mol. The highest BCUT2D eigenvalue weighted by molar-refractivity contribution is 5.83. The van der Waals surface area contributed by atoms with Gasteiger partial charge in [0, 0.05) is 0 Å². The maximum atomic E-state index is 4.41. The number of aromatic amines is 1. The molecule has 3 nitrogen and oxygen atoms in total. The van der Waals surface area contributed by atoms with Crippen molar-refractivity contribution >= 4 is 17.2 Å². The van der Waals surface area contributed by atoms with E-state index in [4.69, 9.17) is 0 Å². The molecule has 0 amide bonds. The molecule has 1 fully saturated rings. The second-order valence-electron chi connectivity index (χ2n) is 3.65. The summed E-state index contributed by atoms with van der Waals surface area (Å²) in [5.74, 6) is 0.859. The number of aliphatic imine (C=N–C) groups is 1. The summed E-state index contributed by atoms with van der Waals surface area (Å²) in [6.07, 6.45) is 4.31. The smallest absolute Gasteiger partial charge is 0.149 e. The first-order chi connectivity index (χ1) is 6.92. The molecule has 0 atom stereocenters. The van der Waals surface area contributed by atoms with Gasteiger partial charge in [-0.15, -0.1) is 0 Å². The van der Waals surface area contributed by atoms with E-state index in [1.165, 1.54) is 12.8 Å². The number of hydrogen-bond donors (Lipinski definition) is 1. The number of benzene rings is 1. The third-order valence-electron chi connectivity index (χ3n) is 2.36. The minimum Gasteiger partial charge on any atom is -0.337 e. The fourth-order valence-corrected chi connectivity index (χ4v) is 1.43. The van der Waals surface area contributed by atoms with Gasteiger partial charge in [-0.25, -0.2) is 4.98 Å². The molecule has 1 heterocycles. The molecule has 1 aromatic heterocycles. The van der Waals surface area contributed by atoms with Gasteiger partial charge in [-0.2, -0.15) is 0 Å². The Morgan fingerprint density at radius 3 is 3.00 bits per heavy atom. The minimum atomic E-state index is 0.559. The average molecular weight is 185 g/mol. The lowest BCUT2D eigenvalue weighted by atomic mass is 10.3. The van der Waals surface area contributed by atoms with Crippen LogP contribution >= 0.6 is 0 Å². The highest BCUT2D eigenvalue weighted by atomic mass is 14.9. The third-order valence-corrected chi connectivity index (χ3v) is 2.36. The molecule has 0 radical (unpaired) electrons. The van der Waals surface area contributed by atoms with Crippen molar-refractivity contribution in [1.29, 1.82) is 0 Å². The van der Waals surface area contributed by atoms with Crippen LogP contribution in [0.5, 0.6) is 0 Å². The molecule has 14 heavy (non-hydrogen) atoms. The SMILES string of the molecule is C(=NC1CC1)c1nc2ccccc2[nH]1. The number of nitrogens with one attached hydrogen (secondary N) is 1. The van der Waals surface area contributed by atoms with Crippen molar-refractivity contribution in [2.24, 2.45) is 4.99 Å². The van der Waals surface area contributed by atoms with Gasteiger partial charge in [-0.1, -0.05) is 12.1 Å². The molecule has 1 N–H and O–H groups in total. The fourth-order valence-electron chi connectivity index (χ4n) is 1.43. The highest BCUT2D eigenvalue weighted by Gasteiger charge is 2.18. The number of aromatic nitrogens is 2. The average Bonchev–Trinajstić information content (AvgIpc) is 2.94. The lowest BCUT2D eigenvalue weighted by Crippen LogP contribution is -1.85. The van der Waals surface area contributed by atoms with E-state index >= 15 is 0 Å². The van der Waals surface area contributed by atoms with E-state index < -0.39 is 0 Å². The van der Waals surface area contributed by atoms with Crippen LogP contribution < -0.4 is 0 Å². The molecular formula is C11H11N3. The lowest BCUT2D eigenvalue weighted by Gasteiger charge is -1.82. The zero-order valence-corrected chi connectivity index (χ0v) is 7.77. The molecule has 70 valence electrons. The molecule has 0 saturated heterocycles. The van der Waals surface area contributed by atoms with Crippen LogP contribution in [0.3, 0.4) is 0 Å². The van der Waals surface area contributed by atoms with Crippen LogP contribution in [0.1, 0.15) is 18.7 Å². The summed E-state index contributed by atoms with van der Waals surface area (Å²) < 4.78 is 0. The summed E-state index contributed by atoms with van der Waals surface area (Å²) in [6.45, 7) is 0. The van der Waals surface area contributed by atoms with Crippen molar-refractivity contribution in [3.8, 4) is 0 Å². The van der Waals surface area contributed by atoms with Gasteiger partial charge in [0.15, 0.2) is 0 Å². The third kappa shape index (κ3) is 1.41. The molecule has 0 spiro atoms. The Bertz CT molecular complexity index is 447. The van der Waals surface area contributed by atoms with Crippen molar-refractivity contribution < 1.29 is 0 Å². The number of H-pyrrole nitrogens is 1. The first-order valence-electron chi connectivity index (χ1n) is 4.90. The van der Waals surface area contributed by atoms with Crippen molar-refractivity contribution in [2.45, 2.75) is 18.9 Å². The Morgan fingerprint density at radius 1 is 1.36 bits per heavy atom. The van der Waals surface area contributed by atoms with Gasteiger partial charge in [-0.05, 0) is 25.0 Å². The van der Waals surface area contributed by atoms with E-state index in [9.17, 15) is 0 Å². The molecule has 1 saturated carbocycles. The van der Waals surface area contributed by atoms with Crippen molar-refractivity contribution in [1.82, 2.24) is 9.97 Å². The van der Waals surface area contributed by atoms with E-state index in [1.807, 2.05) is 30.5 Å². The number of para-hydroxylation sites is 2. The summed E-state index contributed by atoms with van der Waals surface area (Å²) >= 11 is 0. The van der Waals surface area contributed by atoms with Gasteiger partial charge in [-0.3, -0.25) is 4.99 Å². The second-order valence-corrected chi connectivity index (χ2v) is 3.65.